The first-order valence-corrected chi connectivity index (χ1v) is 6.56. The number of carbonyl (C=O) groups excluding carboxylic acids is 1. The summed E-state index contributed by atoms with van der Waals surface area (Å²) in [5.74, 6) is -0.0601. The maximum absolute atomic E-state index is 11.5. The molecule has 0 saturated carbocycles. The van der Waals surface area contributed by atoms with Gasteiger partial charge in [-0.05, 0) is 41.5 Å². The van der Waals surface area contributed by atoms with Crippen LogP contribution in [0.25, 0.3) is 22.0 Å². The fourth-order valence-electron chi connectivity index (χ4n) is 2.42. The number of benzene rings is 2. The van der Waals surface area contributed by atoms with Crippen LogP contribution in [0.2, 0.25) is 0 Å². The lowest BCUT2D eigenvalue weighted by Gasteiger charge is -2.05. The zero-order valence-electron chi connectivity index (χ0n) is 11.6. The smallest absolute Gasteiger partial charge is 0.251 e. The molecule has 3 heteroatoms. The molecule has 1 heterocycles. The van der Waals surface area contributed by atoms with Crippen molar-refractivity contribution in [2.45, 2.75) is 0 Å². The van der Waals surface area contributed by atoms with E-state index in [9.17, 15) is 4.79 Å². The molecule has 0 radical (unpaired) electrons. The molecule has 3 nitrogen and oxygen atoms in total. The van der Waals surface area contributed by atoms with Gasteiger partial charge in [0.05, 0.1) is 0 Å². The molecule has 0 atom stereocenters. The van der Waals surface area contributed by atoms with E-state index < -0.39 is 0 Å². The standard InChI is InChI=1S/C17H16N2O/c1-18-17(20)13-5-3-12(4-6-13)14-7-8-16-15(11-14)9-10-19(16)2/h3-11H,1-2H3,(H,18,20). The molecular formula is C17H16N2O. The van der Waals surface area contributed by atoms with Gasteiger partial charge in [-0.3, -0.25) is 4.79 Å². The summed E-state index contributed by atoms with van der Waals surface area (Å²) in [6, 6.07) is 16.2. The molecule has 0 spiro atoms. The van der Waals surface area contributed by atoms with E-state index in [1.165, 1.54) is 10.9 Å². The number of aryl methyl sites for hydroxylation is 1. The topological polar surface area (TPSA) is 34.0 Å². The van der Waals surface area contributed by atoms with Crippen molar-refractivity contribution in [3.63, 3.8) is 0 Å². The molecule has 0 bridgehead atoms. The maximum atomic E-state index is 11.5. The van der Waals surface area contributed by atoms with E-state index in [0.717, 1.165) is 11.1 Å². The second-order valence-corrected chi connectivity index (χ2v) is 4.86. The zero-order valence-corrected chi connectivity index (χ0v) is 11.6. The molecule has 0 fully saturated rings. The number of amides is 1. The van der Waals surface area contributed by atoms with Crippen LogP contribution in [0.15, 0.2) is 54.7 Å². The summed E-state index contributed by atoms with van der Waals surface area (Å²) in [5.41, 5.74) is 4.17. The number of fused-ring (bicyclic) bond motifs is 1. The van der Waals surface area contributed by atoms with Crippen LogP contribution in [0.5, 0.6) is 0 Å². The summed E-state index contributed by atoms with van der Waals surface area (Å²) < 4.78 is 2.10. The summed E-state index contributed by atoms with van der Waals surface area (Å²) in [6.07, 6.45) is 2.06. The highest BCUT2D eigenvalue weighted by Gasteiger charge is 2.05. The van der Waals surface area contributed by atoms with Crippen LogP contribution in [-0.2, 0) is 7.05 Å². The summed E-state index contributed by atoms with van der Waals surface area (Å²) in [7, 11) is 3.68. The van der Waals surface area contributed by atoms with E-state index in [1.807, 2.05) is 31.3 Å². The minimum absolute atomic E-state index is 0.0601. The Hall–Kier alpha value is -2.55. The first kappa shape index (κ1) is 12.5. The van der Waals surface area contributed by atoms with E-state index in [4.69, 9.17) is 0 Å². The fourth-order valence-corrected chi connectivity index (χ4v) is 2.42. The minimum atomic E-state index is -0.0601. The van der Waals surface area contributed by atoms with Crippen LogP contribution < -0.4 is 5.32 Å². The number of carbonyl (C=O) groups is 1. The van der Waals surface area contributed by atoms with Crippen molar-refractivity contribution >= 4 is 16.8 Å². The molecular weight excluding hydrogens is 248 g/mol. The fraction of sp³-hybridized carbons (Fsp3) is 0.118. The average molecular weight is 264 g/mol. The van der Waals surface area contributed by atoms with Gasteiger partial charge in [-0.15, -0.1) is 0 Å². The van der Waals surface area contributed by atoms with Gasteiger partial charge in [0.15, 0.2) is 0 Å². The Balaban J connectivity index is 2.00. The van der Waals surface area contributed by atoms with Gasteiger partial charge >= 0.3 is 0 Å². The van der Waals surface area contributed by atoms with Crippen LogP contribution in [0.1, 0.15) is 10.4 Å². The van der Waals surface area contributed by atoms with Crippen molar-refractivity contribution in [2.24, 2.45) is 7.05 Å². The predicted octanol–water partition coefficient (Wildman–Crippen LogP) is 3.20. The van der Waals surface area contributed by atoms with E-state index in [-0.39, 0.29) is 5.91 Å². The molecule has 100 valence electrons. The number of hydrogen-bond donors (Lipinski definition) is 1. The SMILES string of the molecule is CNC(=O)c1ccc(-c2ccc3c(ccn3C)c2)cc1. The van der Waals surface area contributed by atoms with Crippen molar-refractivity contribution < 1.29 is 4.79 Å². The summed E-state index contributed by atoms with van der Waals surface area (Å²) in [5, 5.41) is 3.85. The van der Waals surface area contributed by atoms with Crippen LogP contribution in [0.4, 0.5) is 0 Å². The van der Waals surface area contributed by atoms with Crippen molar-refractivity contribution in [3.05, 3.63) is 60.3 Å². The molecule has 0 aliphatic carbocycles. The molecule has 0 aliphatic rings. The van der Waals surface area contributed by atoms with Gasteiger partial charge in [-0.25, -0.2) is 0 Å². The lowest BCUT2D eigenvalue weighted by molar-refractivity contribution is 0.0963. The quantitative estimate of drug-likeness (QED) is 0.757. The first-order chi connectivity index (χ1) is 9.69. The van der Waals surface area contributed by atoms with Gasteiger partial charge < -0.3 is 9.88 Å². The number of nitrogens with zero attached hydrogens (tertiary/aromatic N) is 1. The molecule has 1 N–H and O–H groups in total. The number of nitrogens with one attached hydrogen (secondary N) is 1. The molecule has 0 saturated heterocycles. The highest BCUT2D eigenvalue weighted by Crippen LogP contribution is 2.25. The second kappa shape index (κ2) is 4.85. The van der Waals surface area contributed by atoms with Crippen LogP contribution in [0.3, 0.4) is 0 Å². The Morgan fingerprint density at radius 1 is 1.00 bits per heavy atom. The van der Waals surface area contributed by atoms with E-state index >= 15 is 0 Å². The number of aromatic nitrogens is 1. The summed E-state index contributed by atoms with van der Waals surface area (Å²) >= 11 is 0. The van der Waals surface area contributed by atoms with Crippen molar-refractivity contribution in [2.75, 3.05) is 7.05 Å². The predicted molar refractivity (Wildman–Crippen MR) is 81.7 cm³/mol. The van der Waals surface area contributed by atoms with Crippen LogP contribution in [-0.4, -0.2) is 17.5 Å². The molecule has 2 aromatic carbocycles. The Morgan fingerprint density at radius 3 is 2.40 bits per heavy atom. The molecule has 0 aliphatic heterocycles. The van der Waals surface area contributed by atoms with Crippen molar-refractivity contribution in [1.82, 2.24) is 9.88 Å². The molecule has 1 aromatic heterocycles. The van der Waals surface area contributed by atoms with Crippen molar-refractivity contribution in [3.8, 4) is 11.1 Å². The largest absolute Gasteiger partial charge is 0.355 e. The Kier molecular flexibility index (Phi) is 3.03. The Labute approximate surface area is 117 Å². The zero-order chi connectivity index (χ0) is 14.1. The van der Waals surface area contributed by atoms with Gasteiger partial charge in [-0.2, -0.15) is 0 Å². The normalized spacial score (nSPS) is 10.7. The van der Waals surface area contributed by atoms with Gasteiger partial charge in [0.2, 0.25) is 0 Å². The Morgan fingerprint density at radius 2 is 1.70 bits per heavy atom. The Bertz CT molecular complexity index is 769. The average Bonchev–Trinajstić information content (AvgIpc) is 2.87. The molecule has 3 aromatic rings. The van der Waals surface area contributed by atoms with E-state index in [2.05, 4.69) is 40.3 Å². The van der Waals surface area contributed by atoms with Gasteiger partial charge in [0, 0.05) is 36.8 Å². The van der Waals surface area contributed by atoms with Crippen molar-refractivity contribution in [1.29, 1.82) is 0 Å². The highest BCUT2D eigenvalue weighted by atomic mass is 16.1. The number of hydrogen-bond acceptors (Lipinski definition) is 1. The second-order valence-electron chi connectivity index (χ2n) is 4.86. The summed E-state index contributed by atoms with van der Waals surface area (Å²) in [4.78, 5) is 11.5. The molecule has 1 amide bonds. The van der Waals surface area contributed by atoms with Gasteiger partial charge in [0.1, 0.15) is 0 Å². The third-order valence-electron chi connectivity index (χ3n) is 3.59. The van der Waals surface area contributed by atoms with E-state index in [0.29, 0.717) is 5.56 Å². The van der Waals surface area contributed by atoms with Crippen LogP contribution >= 0.6 is 0 Å². The molecule has 20 heavy (non-hydrogen) atoms. The maximum Gasteiger partial charge on any atom is 0.251 e. The number of rotatable bonds is 2. The van der Waals surface area contributed by atoms with Gasteiger partial charge in [-0.1, -0.05) is 18.2 Å². The lowest BCUT2D eigenvalue weighted by atomic mass is 10.0. The monoisotopic (exact) mass is 264 g/mol. The third kappa shape index (κ3) is 2.07. The summed E-state index contributed by atoms with van der Waals surface area (Å²) in [6.45, 7) is 0. The molecule has 0 unspecified atom stereocenters. The van der Waals surface area contributed by atoms with E-state index in [1.54, 1.807) is 7.05 Å². The minimum Gasteiger partial charge on any atom is -0.355 e. The highest BCUT2D eigenvalue weighted by molar-refractivity contribution is 5.94. The molecule has 3 rings (SSSR count). The lowest BCUT2D eigenvalue weighted by Crippen LogP contribution is -2.17. The van der Waals surface area contributed by atoms with Gasteiger partial charge in [0.25, 0.3) is 5.91 Å². The third-order valence-corrected chi connectivity index (χ3v) is 3.59. The first-order valence-electron chi connectivity index (χ1n) is 6.56. The van der Waals surface area contributed by atoms with Crippen LogP contribution in [0, 0.1) is 0 Å².